The Bertz CT molecular complexity index is 1120. The zero-order chi connectivity index (χ0) is 19.0. The maximum absolute atomic E-state index is 13.7. The molecule has 0 amide bonds. The van der Waals surface area contributed by atoms with Crippen LogP contribution in [0.5, 0.6) is 11.5 Å². The normalized spacial score (nSPS) is 11.7. The molecule has 1 N–H and O–H groups in total. The molecule has 0 aliphatic rings. The molecule has 1 aromatic heterocycles. The number of ether oxygens (including phenoxy) is 1. The highest BCUT2D eigenvalue weighted by Crippen LogP contribution is 2.39. The Morgan fingerprint density at radius 3 is 2.41 bits per heavy atom. The first-order chi connectivity index (χ1) is 12.9. The third-order valence-electron chi connectivity index (χ3n) is 4.09. The summed E-state index contributed by atoms with van der Waals surface area (Å²) in [5.74, 6) is -0.118. The summed E-state index contributed by atoms with van der Waals surface area (Å²) in [5, 5.41) is 7.27. The fourth-order valence-corrected chi connectivity index (χ4v) is 2.86. The Morgan fingerprint density at radius 1 is 0.889 bits per heavy atom. The lowest BCUT2D eigenvalue weighted by Crippen LogP contribution is -2.07. The van der Waals surface area contributed by atoms with Gasteiger partial charge in [-0.05, 0) is 30.3 Å². The van der Waals surface area contributed by atoms with Crippen molar-refractivity contribution >= 4 is 10.9 Å². The molecule has 0 radical (unpaired) electrons. The second kappa shape index (κ2) is 6.42. The highest BCUT2D eigenvalue weighted by Gasteiger charge is 2.34. The van der Waals surface area contributed by atoms with E-state index < -0.39 is 17.6 Å². The highest BCUT2D eigenvalue weighted by molar-refractivity contribution is 5.94. The van der Waals surface area contributed by atoms with E-state index in [1.54, 1.807) is 30.3 Å². The number of hydrogen-bond donors (Lipinski definition) is 1. The van der Waals surface area contributed by atoms with Crippen LogP contribution in [-0.4, -0.2) is 10.2 Å². The minimum atomic E-state index is -4.49. The maximum atomic E-state index is 13.7. The lowest BCUT2D eigenvalue weighted by molar-refractivity contribution is -0.137. The van der Waals surface area contributed by atoms with Gasteiger partial charge in [-0.25, -0.2) is 4.39 Å². The van der Waals surface area contributed by atoms with Gasteiger partial charge in [0.05, 0.1) is 11.1 Å². The van der Waals surface area contributed by atoms with Gasteiger partial charge in [-0.1, -0.05) is 30.3 Å². The van der Waals surface area contributed by atoms with Crippen molar-refractivity contribution in [2.45, 2.75) is 6.18 Å². The molecule has 0 unspecified atom stereocenters. The summed E-state index contributed by atoms with van der Waals surface area (Å²) in [4.78, 5) is 0. The molecule has 0 aliphatic carbocycles. The topological polar surface area (TPSA) is 37.9 Å². The van der Waals surface area contributed by atoms with E-state index in [1.807, 2.05) is 0 Å². The molecule has 4 rings (SSSR count). The van der Waals surface area contributed by atoms with Crippen LogP contribution in [0.3, 0.4) is 0 Å². The smallest absolute Gasteiger partial charge is 0.417 e. The van der Waals surface area contributed by atoms with E-state index in [-0.39, 0.29) is 17.0 Å². The van der Waals surface area contributed by atoms with Crippen LogP contribution in [-0.2, 0) is 6.18 Å². The van der Waals surface area contributed by atoms with Gasteiger partial charge in [-0.3, -0.25) is 5.10 Å². The van der Waals surface area contributed by atoms with Crippen LogP contribution in [0.2, 0.25) is 0 Å². The highest BCUT2D eigenvalue weighted by atomic mass is 19.4. The van der Waals surface area contributed by atoms with Crippen LogP contribution in [0.1, 0.15) is 5.56 Å². The first-order valence-corrected chi connectivity index (χ1v) is 8.00. The molecule has 7 heteroatoms. The first kappa shape index (κ1) is 17.1. The minimum absolute atomic E-state index is 0.0148. The number of nitrogens with one attached hydrogen (secondary N) is 1. The number of benzene rings is 3. The molecule has 0 aliphatic heterocycles. The molecule has 136 valence electrons. The van der Waals surface area contributed by atoms with Crippen molar-refractivity contribution in [2.24, 2.45) is 0 Å². The second-order valence-electron chi connectivity index (χ2n) is 5.86. The number of hydrogen-bond acceptors (Lipinski definition) is 2. The number of aromatic nitrogens is 2. The maximum Gasteiger partial charge on any atom is 0.417 e. The summed E-state index contributed by atoms with van der Waals surface area (Å²) in [6.07, 6.45) is -4.49. The van der Waals surface area contributed by atoms with Crippen LogP contribution < -0.4 is 4.74 Å². The average molecular weight is 372 g/mol. The summed E-state index contributed by atoms with van der Waals surface area (Å²) in [5.41, 5.74) is -0.102. The Kier molecular flexibility index (Phi) is 4.07. The van der Waals surface area contributed by atoms with Crippen LogP contribution in [0, 0.1) is 5.82 Å². The Balaban J connectivity index is 1.75. The first-order valence-electron chi connectivity index (χ1n) is 8.00. The molecule has 3 nitrogen and oxygen atoms in total. The van der Waals surface area contributed by atoms with E-state index in [1.165, 1.54) is 30.3 Å². The van der Waals surface area contributed by atoms with Crippen molar-refractivity contribution in [3.8, 4) is 22.8 Å². The van der Waals surface area contributed by atoms with Crippen molar-refractivity contribution in [3.05, 3.63) is 78.1 Å². The number of nitrogens with zero attached hydrogens (tertiary/aromatic N) is 1. The van der Waals surface area contributed by atoms with E-state index in [0.29, 0.717) is 16.7 Å². The molecule has 0 atom stereocenters. The Hall–Kier alpha value is -3.35. The number of aromatic amines is 1. The van der Waals surface area contributed by atoms with E-state index in [2.05, 4.69) is 10.2 Å². The van der Waals surface area contributed by atoms with E-state index in [9.17, 15) is 17.6 Å². The number of para-hydroxylation sites is 1. The quantitative estimate of drug-likeness (QED) is 0.436. The van der Waals surface area contributed by atoms with Gasteiger partial charge in [0.25, 0.3) is 0 Å². The van der Waals surface area contributed by atoms with Gasteiger partial charge in [0.15, 0.2) is 11.6 Å². The van der Waals surface area contributed by atoms with Crippen molar-refractivity contribution in [3.63, 3.8) is 0 Å². The average Bonchev–Trinajstić information content (AvgIpc) is 3.06. The minimum Gasteiger partial charge on any atom is -0.454 e. The van der Waals surface area contributed by atoms with Gasteiger partial charge in [0, 0.05) is 17.0 Å². The number of rotatable bonds is 3. The number of fused-ring (bicyclic) bond motifs is 1. The molecule has 1 heterocycles. The van der Waals surface area contributed by atoms with Gasteiger partial charge < -0.3 is 4.74 Å². The van der Waals surface area contributed by atoms with Crippen LogP contribution >= 0.6 is 0 Å². The lowest BCUT2D eigenvalue weighted by atomic mass is 10.0. The standard InChI is InChI=1S/C20H12F4N2O/c21-16-7-3-4-8-18(16)27-12-9-10-14-17(11-12)25-26-19(14)13-5-1-2-6-15(13)20(22,23)24/h1-11H,(H,25,26). The fraction of sp³-hybridized carbons (Fsp3) is 0.0500. The predicted octanol–water partition coefficient (Wildman–Crippen LogP) is 6.18. The Labute approximate surface area is 151 Å². The molecule has 0 saturated heterocycles. The Morgan fingerprint density at radius 2 is 1.63 bits per heavy atom. The van der Waals surface area contributed by atoms with Crippen molar-refractivity contribution in [2.75, 3.05) is 0 Å². The molecule has 0 saturated carbocycles. The molecular weight excluding hydrogens is 360 g/mol. The molecule has 27 heavy (non-hydrogen) atoms. The van der Waals surface area contributed by atoms with E-state index in [0.717, 1.165) is 6.07 Å². The van der Waals surface area contributed by atoms with Crippen molar-refractivity contribution < 1.29 is 22.3 Å². The third-order valence-corrected chi connectivity index (χ3v) is 4.09. The largest absolute Gasteiger partial charge is 0.454 e. The van der Waals surface area contributed by atoms with E-state index in [4.69, 9.17) is 4.74 Å². The van der Waals surface area contributed by atoms with Gasteiger partial charge in [0.1, 0.15) is 11.4 Å². The third kappa shape index (κ3) is 3.23. The molecule has 0 bridgehead atoms. The summed E-state index contributed by atoms with van der Waals surface area (Å²) in [6.45, 7) is 0. The number of halogens is 4. The van der Waals surface area contributed by atoms with Gasteiger partial charge in [-0.2, -0.15) is 18.3 Å². The second-order valence-corrected chi connectivity index (χ2v) is 5.86. The molecule has 0 fully saturated rings. The molecule has 0 spiro atoms. The SMILES string of the molecule is Fc1ccccc1Oc1ccc2c(-c3ccccc3C(F)(F)F)n[nH]c2c1. The summed E-state index contributed by atoms with van der Waals surface area (Å²) < 4.78 is 59.1. The fourth-order valence-electron chi connectivity index (χ4n) is 2.86. The zero-order valence-corrected chi connectivity index (χ0v) is 13.7. The van der Waals surface area contributed by atoms with Gasteiger partial charge in [0.2, 0.25) is 0 Å². The molecular formula is C20H12F4N2O. The van der Waals surface area contributed by atoms with Gasteiger partial charge in [-0.15, -0.1) is 0 Å². The molecule has 4 aromatic rings. The van der Waals surface area contributed by atoms with Crippen LogP contribution in [0.25, 0.3) is 22.2 Å². The summed E-state index contributed by atoms with van der Waals surface area (Å²) >= 11 is 0. The lowest BCUT2D eigenvalue weighted by Gasteiger charge is -2.11. The van der Waals surface area contributed by atoms with Crippen molar-refractivity contribution in [1.82, 2.24) is 10.2 Å². The summed E-state index contributed by atoms with van der Waals surface area (Å²) in [6, 6.07) is 15.9. The number of H-pyrrole nitrogens is 1. The van der Waals surface area contributed by atoms with Crippen molar-refractivity contribution in [1.29, 1.82) is 0 Å². The van der Waals surface area contributed by atoms with E-state index >= 15 is 0 Å². The van der Waals surface area contributed by atoms with Crippen LogP contribution in [0.15, 0.2) is 66.7 Å². The van der Waals surface area contributed by atoms with Gasteiger partial charge >= 0.3 is 6.18 Å². The summed E-state index contributed by atoms with van der Waals surface area (Å²) in [7, 11) is 0. The monoisotopic (exact) mass is 372 g/mol. The zero-order valence-electron chi connectivity index (χ0n) is 13.7. The van der Waals surface area contributed by atoms with Crippen LogP contribution in [0.4, 0.5) is 17.6 Å². The molecule has 3 aromatic carbocycles. The number of alkyl halides is 3. The predicted molar refractivity (Wildman–Crippen MR) is 93.0 cm³/mol.